The van der Waals surface area contributed by atoms with Gasteiger partial charge >= 0.3 is 0 Å². The Morgan fingerprint density at radius 3 is 2.52 bits per heavy atom. The Morgan fingerprint density at radius 2 is 1.74 bits per heavy atom. The van der Waals surface area contributed by atoms with Crippen LogP contribution < -0.4 is 9.80 Å². The van der Waals surface area contributed by atoms with Crippen molar-refractivity contribution in [2.45, 2.75) is 18.9 Å². The molecule has 1 saturated heterocycles. The van der Waals surface area contributed by atoms with E-state index in [9.17, 15) is 9.59 Å². The Hall–Kier alpha value is -2.14. The molecule has 2 aromatic rings. The van der Waals surface area contributed by atoms with Crippen LogP contribution in [0.25, 0.3) is 0 Å². The highest BCUT2D eigenvalue weighted by Crippen LogP contribution is 2.34. The van der Waals surface area contributed by atoms with E-state index in [1.54, 1.807) is 12.1 Å². The molecule has 4 nitrogen and oxygen atoms in total. The first kappa shape index (κ1) is 14.5. The van der Waals surface area contributed by atoms with Gasteiger partial charge in [0.15, 0.2) is 0 Å². The third kappa shape index (κ3) is 2.36. The van der Waals surface area contributed by atoms with Crippen LogP contribution >= 0.6 is 15.9 Å². The van der Waals surface area contributed by atoms with Crippen molar-refractivity contribution in [3.8, 4) is 0 Å². The highest BCUT2D eigenvalue weighted by Gasteiger charge is 2.44. The first-order valence-corrected chi connectivity index (χ1v) is 8.41. The molecule has 5 heteroatoms. The van der Waals surface area contributed by atoms with Gasteiger partial charge in [-0.1, -0.05) is 34.1 Å². The summed E-state index contributed by atoms with van der Waals surface area (Å²) < 4.78 is 0.922. The summed E-state index contributed by atoms with van der Waals surface area (Å²) in [6.45, 7) is 0.789. The van der Waals surface area contributed by atoms with Gasteiger partial charge in [-0.05, 0) is 42.3 Å². The Labute approximate surface area is 142 Å². The lowest BCUT2D eigenvalue weighted by atomic mass is 10.1. The number of hydrogen-bond donors (Lipinski definition) is 0. The molecule has 0 radical (unpaired) electrons. The van der Waals surface area contributed by atoms with Crippen molar-refractivity contribution in [1.82, 2.24) is 0 Å². The summed E-state index contributed by atoms with van der Waals surface area (Å²) in [6.07, 6.45) is 1.16. The molecular formula is C18H15BrN2O2. The van der Waals surface area contributed by atoms with Crippen LogP contribution in [0.15, 0.2) is 53.0 Å². The van der Waals surface area contributed by atoms with Crippen LogP contribution in [-0.2, 0) is 16.0 Å². The van der Waals surface area contributed by atoms with Crippen molar-refractivity contribution >= 4 is 39.1 Å². The van der Waals surface area contributed by atoms with E-state index in [1.165, 1.54) is 10.5 Å². The van der Waals surface area contributed by atoms with Gasteiger partial charge in [0.1, 0.15) is 6.04 Å². The molecule has 2 heterocycles. The first-order chi connectivity index (χ1) is 11.1. The summed E-state index contributed by atoms with van der Waals surface area (Å²) >= 11 is 3.37. The standard InChI is InChI=1S/C18H15BrN2O2/c19-13-5-7-14(8-6-13)21-17(22)11-16(18(21)23)20-10-9-12-3-1-2-4-15(12)20/h1-8,16H,9-11H2. The van der Waals surface area contributed by atoms with Crippen molar-refractivity contribution in [2.24, 2.45) is 0 Å². The van der Waals surface area contributed by atoms with Crippen LogP contribution in [-0.4, -0.2) is 24.4 Å². The summed E-state index contributed by atoms with van der Waals surface area (Å²) in [5.41, 5.74) is 2.96. The van der Waals surface area contributed by atoms with Gasteiger partial charge in [0.2, 0.25) is 5.91 Å². The van der Waals surface area contributed by atoms with Gasteiger partial charge in [-0.25, -0.2) is 4.90 Å². The third-order valence-electron chi connectivity index (χ3n) is 4.51. The molecule has 2 aromatic carbocycles. The molecule has 0 saturated carbocycles. The maximum Gasteiger partial charge on any atom is 0.256 e. The molecule has 0 spiro atoms. The van der Waals surface area contributed by atoms with Gasteiger partial charge < -0.3 is 4.90 Å². The number of carbonyl (C=O) groups excluding carboxylic acids is 2. The molecule has 23 heavy (non-hydrogen) atoms. The zero-order valence-corrected chi connectivity index (χ0v) is 14.0. The van der Waals surface area contributed by atoms with Crippen molar-refractivity contribution in [1.29, 1.82) is 0 Å². The van der Waals surface area contributed by atoms with Crippen LogP contribution in [0.4, 0.5) is 11.4 Å². The van der Waals surface area contributed by atoms with Crippen LogP contribution in [0.3, 0.4) is 0 Å². The minimum absolute atomic E-state index is 0.131. The van der Waals surface area contributed by atoms with Crippen molar-refractivity contribution in [3.05, 3.63) is 58.6 Å². The predicted octanol–water partition coefficient (Wildman–Crippen LogP) is 3.14. The van der Waals surface area contributed by atoms with E-state index in [4.69, 9.17) is 0 Å². The molecule has 1 fully saturated rings. The second kappa shape index (κ2) is 5.49. The molecule has 1 atom stereocenters. The largest absolute Gasteiger partial charge is 0.359 e. The summed E-state index contributed by atoms with van der Waals surface area (Å²) in [5.74, 6) is -0.263. The van der Waals surface area contributed by atoms with Crippen LogP contribution in [0.5, 0.6) is 0 Å². The Kier molecular flexibility index (Phi) is 3.45. The molecule has 2 amide bonds. The maximum absolute atomic E-state index is 12.8. The van der Waals surface area contributed by atoms with Gasteiger partial charge in [0.25, 0.3) is 5.91 Å². The summed E-state index contributed by atoms with van der Waals surface area (Å²) in [6, 6.07) is 15.0. The Bertz CT molecular complexity index is 788. The molecule has 0 aromatic heterocycles. The molecule has 0 aliphatic carbocycles. The average Bonchev–Trinajstić information content (AvgIpc) is 3.10. The van der Waals surface area contributed by atoms with Crippen molar-refractivity contribution in [3.63, 3.8) is 0 Å². The van der Waals surface area contributed by atoms with Crippen LogP contribution in [0.1, 0.15) is 12.0 Å². The van der Waals surface area contributed by atoms with Crippen LogP contribution in [0.2, 0.25) is 0 Å². The lowest BCUT2D eigenvalue weighted by molar-refractivity contribution is -0.121. The highest BCUT2D eigenvalue weighted by molar-refractivity contribution is 9.10. The van der Waals surface area contributed by atoms with Gasteiger partial charge in [-0.2, -0.15) is 0 Å². The minimum atomic E-state index is -0.394. The molecule has 2 aliphatic rings. The number of para-hydroxylation sites is 1. The number of amides is 2. The number of hydrogen-bond acceptors (Lipinski definition) is 3. The molecule has 4 rings (SSSR count). The maximum atomic E-state index is 12.8. The van der Waals surface area contributed by atoms with E-state index >= 15 is 0 Å². The van der Waals surface area contributed by atoms with Crippen molar-refractivity contribution < 1.29 is 9.59 Å². The SMILES string of the molecule is O=C1CC(N2CCc3ccccc32)C(=O)N1c1ccc(Br)cc1. The molecule has 0 bridgehead atoms. The number of rotatable bonds is 2. The topological polar surface area (TPSA) is 40.6 Å². The first-order valence-electron chi connectivity index (χ1n) is 7.62. The Balaban J connectivity index is 1.65. The smallest absolute Gasteiger partial charge is 0.256 e. The number of anilines is 2. The number of halogens is 1. The zero-order chi connectivity index (χ0) is 16.0. The van der Waals surface area contributed by atoms with Crippen molar-refractivity contribution in [2.75, 3.05) is 16.3 Å². The molecule has 2 aliphatic heterocycles. The monoisotopic (exact) mass is 370 g/mol. The van der Waals surface area contributed by atoms with E-state index in [0.717, 1.165) is 23.1 Å². The number of carbonyl (C=O) groups is 2. The summed E-state index contributed by atoms with van der Waals surface area (Å²) in [7, 11) is 0. The van der Waals surface area contributed by atoms with E-state index in [1.807, 2.05) is 30.3 Å². The predicted molar refractivity (Wildman–Crippen MR) is 92.5 cm³/mol. The third-order valence-corrected chi connectivity index (χ3v) is 5.04. The van der Waals surface area contributed by atoms with Gasteiger partial charge in [0, 0.05) is 16.7 Å². The average molecular weight is 371 g/mol. The second-order valence-electron chi connectivity index (χ2n) is 5.84. The van der Waals surface area contributed by atoms with E-state index in [2.05, 4.69) is 26.9 Å². The molecule has 0 N–H and O–H groups in total. The lowest BCUT2D eigenvalue weighted by Crippen LogP contribution is -2.41. The van der Waals surface area contributed by atoms with Gasteiger partial charge in [0.05, 0.1) is 12.1 Å². The number of nitrogens with zero attached hydrogens (tertiary/aromatic N) is 2. The molecular weight excluding hydrogens is 356 g/mol. The fourth-order valence-corrected chi connectivity index (χ4v) is 3.67. The van der Waals surface area contributed by atoms with Gasteiger partial charge in [-0.15, -0.1) is 0 Å². The minimum Gasteiger partial charge on any atom is -0.359 e. The number of benzene rings is 2. The zero-order valence-electron chi connectivity index (χ0n) is 12.4. The quantitative estimate of drug-likeness (QED) is 0.762. The second-order valence-corrected chi connectivity index (χ2v) is 6.75. The fourth-order valence-electron chi connectivity index (χ4n) is 3.41. The Morgan fingerprint density at radius 1 is 1.00 bits per heavy atom. The van der Waals surface area contributed by atoms with E-state index < -0.39 is 6.04 Å². The summed E-state index contributed by atoms with van der Waals surface area (Å²) in [5, 5.41) is 0. The summed E-state index contributed by atoms with van der Waals surface area (Å²) in [4.78, 5) is 28.7. The fraction of sp³-hybridized carbons (Fsp3) is 0.222. The normalized spacial score (nSPS) is 20.3. The van der Waals surface area contributed by atoms with E-state index in [-0.39, 0.29) is 18.2 Å². The van der Waals surface area contributed by atoms with Crippen LogP contribution in [0, 0.1) is 0 Å². The lowest BCUT2D eigenvalue weighted by Gasteiger charge is -2.25. The molecule has 1 unspecified atom stereocenters. The number of imide groups is 1. The van der Waals surface area contributed by atoms with Gasteiger partial charge in [-0.3, -0.25) is 9.59 Å². The van der Waals surface area contributed by atoms with E-state index in [0.29, 0.717) is 5.69 Å². The highest BCUT2D eigenvalue weighted by atomic mass is 79.9. The molecule has 116 valence electrons. The number of fused-ring (bicyclic) bond motifs is 1.